The summed E-state index contributed by atoms with van der Waals surface area (Å²) in [6.45, 7) is 8.85. The lowest BCUT2D eigenvalue weighted by Gasteiger charge is -2.30. The molecule has 3 aliphatic rings. The Labute approximate surface area is 139 Å². The molecule has 0 saturated carbocycles. The largest absolute Gasteiger partial charge is 0.381 e. The van der Waals surface area contributed by atoms with Gasteiger partial charge < -0.3 is 4.74 Å². The monoisotopic (exact) mass is 315 g/mol. The summed E-state index contributed by atoms with van der Waals surface area (Å²) in [4.78, 5) is 10.2. The molecule has 4 heteroatoms. The first-order chi connectivity index (χ1) is 11.3. The second kappa shape index (κ2) is 6.88. The zero-order chi connectivity index (χ0) is 15.6. The van der Waals surface area contributed by atoms with Gasteiger partial charge in [-0.05, 0) is 50.7 Å². The maximum absolute atomic E-state index is 5.51. The topological polar surface area (TPSA) is 28.6 Å². The van der Waals surface area contributed by atoms with Crippen LogP contribution in [0.4, 0.5) is 0 Å². The minimum absolute atomic E-state index is 0.747. The summed E-state index contributed by atoms with van der Waals surface area (Å²) in [5, 5.41) is 0. The Morgan fingerprint density at radius 3 is 2.57 bits per heavy atom. The summed E-state index contributed by atoms with van der Waals surface area (Å²) in [6, 6.07) is 7.92. The number of hydrogen-bond donors (Lipinski definition) is 0. The van der Waals surface area contributed by atoms with Crippen molar-refractivity contribution in [2.75, 3.05) is 32.8 Å². The molecule has 4 heterocycles. The number of nitrogens with zero attached hydrogens (tertiary/aromatic N) is 3. The van der Waals surface area contributed by atoms with E-state index in [1.54, 1.807) is 0 Å². The first-order valence-corrected chi connectivity index (χ1v) is 9.28. The fraction of sp³-hybridized carbons (Fsp3) is 0.737. The predicted octanol–water partition coefficient (Wildman–Crippen LogP) is 2.47. The lowest BCUT2D eigenvalue weighted by Crippen LogP contribution is -2.39. The normalized spacial score (nSPS) is 30.0. The molecule has 0 unspecified atom stereocenters. The molecular weight excluding hydrogens is 286 g/mol. The Balaban J connectivity index is 1.35. The van der Waals surface area contributed by atoms with Gasteiger partial charge in [-0.3, -0.25) is 14.8 Å². The summed E-state index contributed by atoms with van der Waals surface area (Å²) in [5.74, 6) is 0.856. The molecule has 0 bridgehead atoms. The molecule has 0 radical (unpaired) electrons. The molecule has 4 nitrogen and oxygen atoms in total. The summed E-state index contributed by atoms with van der Waals surface area (Å²) in [6.07, 6.45) is 5.18. The van der Waals surface area contributed by atoms with Crippen molar-refractivity contribution in [2.24, 2.45) is 5.92 Å². The fourth-order valence-electron chi connectivity index (χ4n) is 4.74. The number of pyridine rings is 1. The Kier molecular flexibility index (Phi) is 4.65. The fourth-order valence-corrected chi connectivity index (χ4v) is 4.74. The summed E-state index contributed by atoms with van der Waals surface area (Å²) >= 11 is 0. The number of fused-ring (bicyclic) bond motifs is 1. The Hall–Kier alpha value is -0.970. The van der Waals surface area contributed by atoms with Crippen LogP contribution in [0, 0.1) is 12.8 Å². The van der Waals surface area contributed by atoms with Gasteiger partial charge in [0.1, 0.15) is 0 Å². The van der Waals surface area contributed by atoms with E-state index in [2.05, 4.69) is 34.9 Å². The van der Waals surface area contributed by atoms with E-state index in [1.807, 2.05) is 0 Å². The molecule has 3 aliphatic heterocycles. The summed E-state index contributed by atoms with van der Waals surface area (Å²) in [7, 11) is 0. The van der Waals surface area contributed by atoms with E-state index in [-0.39, 0.29) is 0 Å². The predicted molar refractivity (Wildman–Crippen MR) is 91.3 cm³/mol. The maximum atomic E-state index is 5.51. The molecule has 4 rings (SSSR count). The van der Waals surface area contributed by atoms with Crippen molar-refractivity contribution in [3.63, 3.8) is 0 Å². The van der Waals surface area contributed by atoms with Gasteiger partial charge in [0, 0.05) is 57.2 Å². The number of aromatic nitrogens is 1. The van der Waals surface area contributed by atoms with Crippen molar-refractivity contribution in [3.05, 3.63) is 29.6 Å². The zero-order valence-electron chi connectivity index (χ0n) is 14.3. The molecule has 3 saturated heterocycles. The molecule has 0 amide bonds. The van der Waals surface area contributed by atoms with Crippen LogP contribution in [0.2, 0.25) is 0 Å². The highest BCUT2D eigenvalue weighted by Gasteiger charge is 2.42. The molecule has 23 heavy (non-hydrogen) atoms. The van der Waals surface area contributed by atoms with Gasteiger partial charge in [0.25, 0.3) is 0 Å². The standard InChI is InChI=1S/C19H29N3O/c1-15-3-2-4-17(20-15)14-22-10-6-18-19(22)5-9-21(18)13-16-7-11-23-12-8-16/h2-4,16,18-19H,5-14H2,1H3/t18-,19-/m0/s1. The van der Waals surface area contributed by atoms with Gasteiger partial charge in [-0.1, -0.05) is 6.07 Å². The molecule has 1 aromatic rings. The van der Waals surface area contributed by atoms with E-state index < -0.39 is 0 Å². The van der Waals surface area contributed by atoms with Crippen LogP contribution in [-0.4, -0.2) is 59.7 Å². The Morgan fingerprint density at radius 1 is 1.04 bits per heavy atom. The van der Waals surface area contributed by atoms with Crippen LogP contribution in [0.1, 0.15) is 37.1 Å². The van der Waals surface area contributed by atoms with E-state index in [4.69, 9.17) is 9.72 Å². The molecule has 126 valence electrons. The third-order valence-corrected chi connectivity index (χ3v) is 5.95. The molecule has 0 aromatic carbocycles. The zero-order valence-corrected chi connectivity index (χ0v) is 14.3. The molecule has 0 aliphatic carbocycles. The average molecular weight is 315 g/mol. The van der Waals surface area contributed by atoms with Gasteiger partial charge in [-0.25, -0.2) is 0 Å². The number of likely N-dealkylation sites (tertiary alicyclic amines) is 2. The molecule has 0 N–H and O–H groups in total. The Morgan fingerprint density at radius 2 is 1.78 bits per heavy atom. The second-order valence-corrected chi connectivity index (χ2v) is 7.50. The minimum Gasteiger partial charge on any atom is -0.381 e. The van der Waals surface area contributed by atoms with Crippen LogP contribution < -0.4 is 0 Å². The van der Waals surface area contributed by atoms with E-state index in [9.17, 15) is 0 Å². The average Bonchev–Trinajstić information content (AvgIpc) is 3.13. The van der Waals surface area contributed by atoms with Gasteiger partial charge in [-0.2, -0.15) is 0 Å². The highest BCUT2D eigenvalue weighted by Crippen LogP contribution is 2.33. The smallest absolute Gasteiger partial charge is 0.0547 e. The molecule has 2 atom stereocenters. The van der Waals surface area contributed by atoms with Gasteiger partial charge in [0.05, 0.1) is 5.69 Å². The number of ether oxygens (including phenoxy) is 1. The second-order valence-electron chi connectivity index (χ2n) is 7.50. The van der Waals surface area contributed by atoms with Gasteiger partial charge in [0.15, 0.2) is 0 Å². The van der Waals surface area contributed by atoms with Crippen LogP contribution in [-0.2, 0) is 11.3 Å². The lowest BCUT2D eigenvalue weighted by molar-refractivity contribution is 0.0504. The Bertz CT molecular complexity index is 529. The van der Waals surface area contributed by atoms with E-state index in [0.717, 1.165) is 43.5 Å². The number of aryl methyl sites for hydroxylation is 1. The lowest BCUT2D eigenvalue weighted by atomic mass is 9.99. The van der Waals surface area contributed by atoms with Crippen LogP contribution >= 0.6 is 0 Å². The minimum atomic E-state index is 0.747. The van der Waals surface area contributed by atoms with Gasteiger partial charge in [0.2, 0.25) is 0 Å². The molecule has 1 aromatic heterocycles. The van der Waals surface area contributed by atoms with Crippen molar-refractivity contribution < 1.29 is 4.74 Å². The first kappa shape index (κ1) is 15.6. The van der Waals surface area contributed by atoms with Crippen molar-refractivity contribution in [3.8, 4) is 0 Å². The van der Waals surface area contributed by atoms with Crippen molar-refractivity contribution in [2.45, 2.75) is 51.2 Å². The first-order valence-electron chi connectivity index (χ1n) is 9.28. The van der Waals surface area contributed by atoms with Crippen molar-refractivity contribution in [1.29, 1.82) is 0 Å². The highest BCUT2D eigenvalue weighted by atomic mass is 16.5. The van der Waals surface area contributed by atoms with E-state index in [0.29, 0.717) is 0 Å². The third-order valence-electron chi connectivity index (χ3n) is 5.95. The van der Waals surface area contributed by atoms with Crippen LogP contribution in [0.15, 0.2) is 18.2 Å². The summed E-state index contributed by atoms with van der Waals surface area (Å²) < 4.78 is 5.51. The third kappa shape index (κ3) is 3.44. The quantitative estimate of drug-likeness (QED) is 0.853. The molecule has 0 spiro atoms. The molecule has 3 fully saturated rings. The molecular formula is C19H29N3O. The van der Waals surface area contributed by atoms with E-state index >= 15 is 0 Å². The number of rotatable bonds is 4. The highest BCUT2D eigenvalue weighted by molar-refractivity contribution is 5.11. The van der Waals surface area contributed by atoms with Crippen LogP contribution in [0.5, 0.6) is 0 Å². The van der Waals surface area contributed by atoms with Crippen molar-refractivity contribution >= 4 is 0 Å². The summed E-state index contributed by atoms with van der Waals surface area (Å²) in [5.41, 5.74) is 2.36. The van der Waals surface area contributed by atoms with E-state index in [1.165, 1.54) is 51.0 Å². The van der Waals surface area contributed by atoms with Crippen molar-refractivity contribution in [1.82, 2.24) is 14.8 Å². The van der Waals surface area contributed by atoms with Gasteiger partial charge >= 0.3 is 0 Å². The van der Waals surface area contributed by atoms with Gasteiger partial charge in [-0.15, -0.1) is 0 Å². The maximum Gasteiger partial charge on any atom is 0.0547 e. The van der Waals surface area contributed by atoms with Crippen LogP contribution in [0.3, 0.4) is 0 Å². The van der Waals surface area contributed by atoms with Crippen LogP contribution in [0.25, 0.3) is 0 Å². The SMILES string of the molecule is Cc1cccc(CN2CC[C@H]3[C@@H]2CCN3CC2CCOCC2)n1. The number of hydrogen-bond acceptors (Lipinski definition) is 4.